The van der Waals surface area contributed by atoms with Gasteiger partial charge in [-0.15, -0.1) is 0 Å². The Bertz CT molecular complexity index is 885. The molecule has 1 aromatic heterocycles. The molecule has 1 aliphatic carbocycles. The van der Waals surface area contributed by atoms with E-state index in [9.17, 15) is 0 Å². The summed E-state index contributed by atoms with van der Waals surface area (Å²) in [5, 5.41) is 4.32. The van der Waals surface area contributed by atoms with Crippen LogP contribution in [0.1, 0.15) is 23.2 Å². The number of rotatable bonds is 3. The maximum atomic E-state index is 6.15. The first-order valence-corrected chi connectivity index (χ1v) is 8.69. The highest BCUT2D eigenvalue weighted by molar-refractivity contribution is 6.30. The van der Waals surface area contributed by atoms with Gasteiger partial charge in [-0.1, -0.05) is 41.4 Å². The third-order valence-electron chi connectivity index (χ3n) is 4.50. The van der Waals surface area contributed by atoms with Crippen LogP contribution >= 0.6 is 11.6 Å². The molecule has 0 spiro atoms. The van der Waals surface area contributed by atoms with E-state index < -0.39 is 0 Å². The summed E-state index contributed by atoms with van der Waals surface area (Å²) < 4.78 is 0. The molecule has 0 saturated carbocycles. The van der Waals surface area contributed by atoms with Crippen molar-refractivity contribution in [3.05, 3.63) is 76.4 Å². The van der Waals surface area contributed by atoms with Crippen molar-refractivity contribution in [2.75, 3.05) is 5.32 Å². The fourth-order valence-electron chi connectivity index (χ4n) is 3.24. The van der Waals surface area contributed by atoms with Crippen molar-refractivity contribution >= 4 is 23.0 Å². The number of aromatic nitrogens is 1. The molecule has 120 valence electrons. The minimum atomic E-state index is 0.739. The zero-order valence-electron chi connectivity index (χ0n) is 13.6. The highest BCUT2D eigenvalue weighted by Gasteiger charge is 2.18. The fraction of sp³-hybridized carbons (Fsp3) is 0.190. The Hall–Kier alpha value is -2.32. The Labute approximate surface area is 147 Å². The van der Waals surface area contributed by atoms with E-state index >= 15 is 0 Å². The zero-order valence-corrected chi connectivity index (χ0v) is 14.4. The fourth-order valence-corrected chi connectivity index (χ4v) is 3.43. The Morgan fingerprint density at radius 1 is 1.00 bits per heavy atom. The average molecular weight is 335 g/mol. The summed E-state index contributed by atoms with van der Waals surface area (Å²) in [6.45, 7) is 2.10. The molecular weight excluding hydrogens is 316 g/mol. The molecule has 0 amide bonds. The molecule has 1 aliphatic rings. The largest absolute Gasteiger partial charge is 0.355 e. The summed E-state index contributed by atoms with van der Waals surface area (Å²) in [6.07, 6.45) is 3.31. The van der Waals surface area contributed by atoms with E-state index in [0.29, 0.717) is 0 Å². The summed E-state index contributed by atoms with van der Waals surface area (Å²) in [5.41, 5.74) is 8.13. The number of hydrogen-bond acceptors (Lipinski definition) is 2. The first kappa shape index (κ1) is 15.2. The van der Waals surface area contributed by atoms with Crippen LogP contribution in [0.25, 0.3) is 11.3 Å². The molecule has 0 bridgehead atoms. The molecule has 4 rings (SSSR count). The van der Waals surface area contributed by atoms with Crippen LogP contribution < -0.4 is 5.32 Å². The lowest BCUT2D eigenvalue weighted by Crippen LogP contribution is -2.00. The number of nitrogens with zero attached hydrogens (tertiary/aromatic N) is 1. The number of nitrogens with one attached hydrogen (secondary N) is 1. The molecule has 2 aromatic carbocycles. The van der Waals surface area contributed by atoms with E-state index in [0.717, 1.165) is 40.5 Å². The predicted molar refractivity (Wildman–Crippen MR) is 101 cm³/mol. The van der Waals surface area contributed by atoms with Gasteiger partial charge in [0.05, 0.1) is 5.69 Å². The first-order chi connectivity index (χ1) is 11.7. The molecule has 2 nitrogen and oxygen atoms in total. The van der Waals surface area contributed by atoms with Gasteiger partial charge in [0, 0.05) is 27.7 Å². The lowest BCUT2D eigenvalue weighted by molar-refractivity contribution is 0.900. The van der Waals surface area contributed by atoms with Gasteiger partial charge in [-0.3, -0.25) is 4.98 Å². The van der Waals surface area contributed by atoms with Crippen LogP contribution in [-0.4, -0.2) is 4.98 Å². The lowest BCUT2D eigenvalue weighted by atomic mass is 10.1. The van der Waals surface area contributed by atoms with Gasteiger partial charge in [0.1, 0.15) is 0 Å². The molecule has 0 radical (unpaired) electrons. The second kappa shape index (κ2) is 6.29. The van der Waals surface area contributed by atoms with Crippen LogP contribution in [0.15, 0.2) is 54.6 Å². The van der Waals surface area contributed by atoms with Crippen molar-refractivity contribution in [1.82, 2.24) is 4.98 Å². The molecule has 0 saturated heterocycles. The highest BCUT2D eigenvalue weighted by atomic mass is 35.5. The van der Waals surface area contributed by atoms with E-state index in [1.165, 1.54) is 23.2 Å². The summed E-state index contributed by atoms with van der Waals surface area (Å²) in [6, 6.07) is 18.5. The number of aryl methyl sites for hydroxylation is 2. The topological polar surface area (TPSA) is 24.9 Å². The second-order valence-corrected chi connectivity index (χ2v) is 6.77. The summed E-state index contributed by atoms with van der Waals surface area (Å²) >= 11 is 6.15. The average Bonchev–Trinajstić information content (AvgIpc) is 3.06. The number of benzene rings is 2. The van der Waals surface area contributed by atoms with Crippen LogP contribution in [0.3, 0.4) is 0 Å². The first-order valence-electron chi connectivity index (χ1n) is 8.31. The van der Waals surface area contributed by atoms with Gasteiger partial charge in [0.2, 0.25) is 0 Å². The highest BCUT2D eigenvalue weighted by Crippen LogP contribution is 2.34. The standard InChI is InChI=1S/C21H19ClN2/c1-14-8-10-17(11-9-14)23-21-13-20(15-4-2-5-16(22)12-15)24-19-7-3-6-18(19)21/h2,4-5,8-13H,3,6-7H2,1H3,(H,23,24). The van der Waals surface area contributed by atoms with Crippen LogP contribution in [0.5, 0.6) is 0 Å². The zero-order chi connectivity index (χ0) is 16.5. The number of fused-ring (bicyclic) bond motifs is 1. The van der Waals surface area contributed by atoms with Gasteiger partial charge in [-0.2, -0.15) is 0 Å². The summed E-state index contributed by atoms with van der Waals surface area (Å²) in [4.78, 5) is 4.88. The summed E-state index contributed by atoms with van der Waals surface area (Å²) in [5.74, 6) is 0. The minimum Gasteiger partial charge on any atom is -0.355 e. The maximum absolute atomic E-state index is 6.15. The van der Waals surface area contributed by atoms with E-state index in [1.54, 1.807) is 0 Å². The summed E-state index contributed by atoms with van der Waals surface area (Å²) in [7, 11) is 0. The molecule has 3 heteroatoms. The van der Waals surface area contributed by atoms with E-state index in [-0.39, 0.29) is 0 Å². The number of anilines is 2. The molecule has 0 atom stereocenters. The smallest absolute Gasteiger partial charge is 0.0726 e. The lowest BCUT2D eigenvalue weighted by Gasteiger charge is -2.14. The van der Waals surface area contributed by atoms with Gasteiger partial charge in [-0.25, -0.2) is 0 Å². The van der Waals surface area contributed by atoms with Gasteiger partial charge in [-0.05, 0) is 62.1 Å². The van der Waals surface area contributed by atoms with Crippen molar-refractivity contribution in [1.29, 1.82) is 0 Å². The quantitative estimate of drug-likeness (QED) is 0.640. The van der Waals surface area contributed by atoms with Crippen LogP contribution in [0, 0.1) is 6.92 Å². The van der Waals surface area contributed by atoms with Crippen molar-refractivity contribution in [2.24, 2.45) is 0 Å². The monoisotopic (exact) mass is 334 g/mol. The SMILES string of the molecule is Cc1ccc(Nc2cc(-c3cccc(Cl)c3)nc3c2CCC3)cc1. The Morgan fingerprint density at radius 2 is 1.83 bits per heavy atom. The van der Waals surface area contributed by atoms with E-state index in [1.807, 2.05) is 18.2 Å². The van der Waals surface area contributed by atoms with Crippen LogP contribution in [0.4, 0.5) is 11.4 Å². The van der Waals surface area contributed by atoms with E-state index in [4.69, 9.17) is 16.6 Å². The van der Waals surface area contributed by atoms with Crippen molar-refractivity contribution in [3.8, 4) is 11.3 Å². The molecule has 3 aromatic rings. The number of halogens is 1. The molecule has 1 N–H and O–H groups in total. The molecular formula is C21H19ClN2. The van der Waals surface area contributed by atoms with E-state index in [2.05, 4.69) is 48.6 Å². The van der Waals surface area contributed by atoms with Gasteiger partial charge in [0.25, 0.3) is 0 Å². The van der Waals surface area contributed by atoms with Gasteiger partial charge >= 0.3 is 0 Å². The van der Waals surface area contributed by atoms with Gasteiger partial charge in [0.15, 0.2) is 0 Å². The number of hydrogen-bond donors (Lipinski definition) is 1. The molecule has 0 fully saturated rings. The maximum Gasteiger partial charge on any atom is 0.0726 e. The van der Waals surface area contributed by atoms with Crippen molar-refractivity contribution in [2.45, 2.75) is 26.2 Å². The molecule has 1 heterocycles. The minimum absolute atomic E-state index is 0.739. The van der Waals surface area contributed by atoms with Crippen molar-refractivity contribution < 1.29 is 0 Å². The third kappa shape index (κ3) is 3.02. The van der Waals surface area contributed by atoms with Crippen LogP contribution in [-0.2, 0) is 12.8 Å². The Morgan fingerprint density at radius 3 is 2.62 bits per heavy atom. The molecule has 0 aliphatic heterocycles. The second-order valence-electron chi connectivity index (χ2n) is 6.34. The van der Waals surface area contributed by atoms with Gasteiger partial charge < -0.3 is 5.32 Å². The normalized spacial score (nSPS) is 12.9. The number of pyridine rings is 1. The Kier molecular flexibility index (Phi) is 3.99. The Balaban J connectivity index is 1.77. The molecule has 0 unspecified atom stereocenters. The van der Waals surface area contributed by atoms with Crippen LogP contribution in [0.2, 0.25) is 5.02 Å². The molecule has 24 heavy (non-hydrogen) atoms. The van der Waals surface area contributed by atoms with Crippen molar-refractivity contribution in [3.63, 3.8) is 0 Å². The predicted octanol–water partition coefficient (Wildman–Crippen LogP) is 5.94. The third-order valence-corrected chi connectivity index (χ3v) is 4.74.